The van der Waals surface area contributed by atoms with Crippen molar-refractivity contribution in [1.29, 1.82) is 0 Å². The molecule has 4 heteroatoms. The topological polar surface area (TPSA) is 0 Å². The third-order valence-electron chi connectivity index (χ3n) is 4.85. The second-order valence-electron chi connectivity index (χ2n) is 6.39. The predicted molar refractivity (Wildman–Crippen MR) is 93.9 cm³/mol. The molecule has 2 aliphatic carbocycles. The Balaban J connectivity index is 0.00000104. The fraction of sp³-hybridized carbons (Fsp3) is 0.200. The van der Waals surface area contributed by atoms with E-state index in [2.05, 4.69) is 85.9 Å². The molecule has 24 heavy (non-hydrogen) atoms. The minimum atomic E-state index is -1.29. The van der Waals surface area contributed by atoms with Crippen molar-refractivity contribution in [2.24, 2.45) is 0 Å². The summed E-state index contributed by atoms with van der Waals surface area (Å²) in [6.07, 6.45) is 9.51. The van der Waals surface area contributed by atoms with Crippen molar-refractivity contribution in [3.05, 3.63) is 82.9 Å². The molecule has 0 aliphatic heterocycles. The van der Waals surface area contributed by atoms with Gasteiger partial charge in [-0.25, -0.2) is 0 Å². The fourth-order valence-corrected chi connectivity index (χ4v) is 16.4. The van der Waals surface area contributed by atoms with Crippen molar-refractivity contribution in [3.8, 4) is 0 Å². The first-order valence-electron chi connectivity index (χ1n) is 7.97. The summed E-state index contributed by atoms with van der Waals surface area (Å²) < 4.78 is 1.47. The number of benzene rings is 2. The summed E-state index contributed by atoms with van der Waals surface area (Å²) in [4.78, 5) is 0. The summed E-state index contributed by atoms with van der Waals surface area (Å²) in [6.45, 7) is 5.09. The van der Waals surface area contributed by atoms with Gasteiger partial charge in [0.05, 0.1) is 0 Å². The van der Waals surface area contributed by atoms with E-state index in [0.717, 1.165) is 8.45 Å². The number of allylic oxidation sites excluding steroid dienone is 2. The fourth-order valence-electron chi connectivity index (χ4n) is 3.86. The van der Waals surface area contributed by atoms with Crippen molar-refractivity contribution in [2.75, 3.05) is 0 Å². The van der Waals surface area contributed by atoms with Crippen molar-refractivity contribution in [2.45, 2.75) is 21.5 Å². The first kappa shape index (κ1) is 19.8. The normalized spacial score (nSPS) is 18.7. The zero-order valence-electron chi connectivity index (χ0n) is 13.8. The van der Waals surface area contributed by atoms with E-state index in [1.165, 1.54) is 11.1 Å². The second kappa shape index (κ2) is 8.21. The van der Waals surface area contributed by atoms with Gasteiger partial charge in [0.25, 0.3) is 0 Å². The molecule has 2 aliphatic rings. The van der Waals surface area contributed by atoms with E-state index >= 15 is 0 Å². The van der Waals surface area contributed by atoms with E-state index < -0.39 is 16.6 Å². The molecule has 0 nitrogen and oxygen atoms in total. The van der Waals surface area contributed by atoms with E-state index in [1.54, 1.807) is 11.1 Å². The molecular weight excluding hydrogens is 387 g/mol. The quantitative estimate of drug-likeness (QED) is 0.584. The van der Waals surface area contributed by atoms with Gasteiger partial charge < -0.3 is 24.8 Å². The van der Waals surface area contributed by atoms with Gasteiger partial charge >= 0.3 is 139 Å². The monoisotopic (exact) mass is 406 g/mol. The molecule has 0 amide bonds. The molecule has 0 N–H and O–H groups in total. The van der Waals surface area contributed by atoms with Gasteiger partial charge in [-0.2, -0.15) is 0 Å². The second-order valence-corrected chi connectivity index (χ2v) is 18.8. The van der Waals surface area contributed by atoms with Gasteiger partial charge in [0.2, 0.25) is 0 Å². The summed E-state index contributed by atoms with van der Waals surface area (Å²) in [6, 6.07) is 18.0. The van der Waals surface area contributed by atoms with Crippen molar-refractivity contribution in [1.82, 2.24) is 0 Å². The van der Waals surface area contributed by atoms with Gasteiger partial charge in [0.15, 0.2) is 0 Å². The van der Waals surface area contributed by atoms with E-state index in [-0.39, 0.29) is 31.0 Å². The number of hydrogen-bond donors (Lipinski definition) is 0. The van der Waals surface area contributed by atoms with Crippen LogP contribution in [0.3, 0.4) is 0 Å². The third-order valence-corrected chi connectivity index (χ3v) is 17.6. The minimum Gasteiger partial charge on any atom is -1.00 e. The maximum absolute atomic E-state index is 2.55. The summed E-state index contributed by atoms with van der Waals surface area (Å²) >= 11 is -1.29. The van der Waals surface area contributed by atoms with Crippen LogP contribution in [0.1, 0.15) is 30.7 Å². The van der Waals surface area contributed by atoms with Crippen LogP contribution in [-0.4, -0.2) is 6.19 Å². The standard InChI is InChI=1S/2C9H7.C2H6Si.2ClH.Ti/c2*1-2-5-9-7-3-6-8(9)4-1;1-3-2;;;/h2*1-7H;1-2H3;2*1H;/q;;;;;+2/p-2. The van der Waals surface area contributed by atoms with E-state index in [1.807, 2.05) is 0 Å². The summed E-state index contributed by atoms with van der Waals surface area (Å²) in [5.41, 5.74) is 6.11. The summed E-state index contributed by atoms with van der Waals surface area (Å²) in [5, 5.41) is 0. The first-order chi connectivity index (χ1) is 10.8. The third kappa shape index (κ3) is 3.38. The van der Waals surface area contributed by atoms with Gasteiger partial charge in [-0.3, -0.25) is 0 Å². The Morgan fingerprint density at radius 3 is 1.54 bits per heavy atom. The van der Waals surface area contributed by atoms with Crippen LogP contribution in [0.25, 0.3) is 12.2 Å². The largest absolute Gasteiger partial charge is 1.00 e. The maximum Gasteiger partial charge on any atom is -1.00 e. The molecule has 122 valence electrons. The first-order valence-corrected chi connectivity index (χ1v) is 14.6. The molecule has 2 aromatic carbocycles. The molecule has 0 aromatic heterocycles. The van der Waals surface area contributed by atoms with Gasteiger partial charge in [0.1, 0.15) is 0 Å². The van der Waals surface area contributed by atoms with Crippen LogP contribution < -0.4 is 24.8 Å². The predicted octanol–water partition coefficient (Wildman–Crippen LogP) is -0.600. The Kier molecular flexibility index (Phi) is 6.75. The minimum absolute atomic E-state index is 0. The van der Waals surface area contributed by atoms with Gasteiger partial charge in [-0.15, -0.1) is 0 Å². The van der Waals surface area contributed by atoms with E-state index in [9.17, 15) is 0 Å². The maximum atomic E-state index is 2.55. The number of fused-ring (bicyclic) bond motifs is 2. The number of halogens is 2. The summed E-state index contributed by atoms with van der Waals surface area (Å²) in [5.74, 6) is 0. The number of rotatable bonds is 2. The Labute approximate surface area is 163 Å². The molecule has 0 saturated carbocycles. The van der Waals surface area contributed by atoms with Crippen molar-refractivity contribution >= 4 is 18.3 Å². The Morgan fingerprint density at radius 2 is 1.12 bits per heavy atom. The van der Waals surface area contributed by atoms with Gasteiger partial charge in [0, 0.05) is 0 Å². The Morgan fingerprint density at radius 1 is 0.708 bits per heavy atom. The molecule has 2 unspecified atom stereocenters. The Bertz CT molecular complexity index is 772. The molecule has 0 bridgehead atoms. The molecule has 0 fully saturated rings. The molecule has 4 rings (SSSR count). The molecule has 2 atom stereocenters. The van der Waals surface area contributed by atoms with Gasteiger partial charge in [-0.1, -0.05) is 0 Å². The molecule has 0 saturated heterocycles. The Hall–Kier alpha value is -0.569. The van der Waals surface area contributed by atoms with Gasteiger partial charge in [-0.05, 0) is 0 Å². The number of hydrogen-bond acceptors (Lipinski definition) is 0. The smallest absolute Gasteiger partial charge is 1.00 e. The van der Waals surface area contributed by atoms with Crippen LogP contribution >= 0.6 is 0 Å². The van der Waals surface area contributed by atoms with Crippen LogP contribution in [0.5, 0.6) is 0 Å². The molecule has 2 aromatic rings. The van der Waals surface area contributed by atoms with Crippen molar-refractivity contribution < 1.29 is 41.4 Å². The molecular formula is C20H20Cl2SiTi. The summed E-state index contributed by atoms with van der Waals surface area (Å²) in [7, 11) is 0. The van der Waals surface area contributed by atoms with Crippen LogP contribution in [0, 0.1) is 0 Å². The van der Waals surface area contributed by atoms with E-state index in [0.29, 0.717) is 0 Å². The SMILES string of the molecule is C[Si](C)=[Ti+2]([CH]1C=Cc2ccccc21)[CH]1C=Cc2ccccc21.[Cl-].[Cl-]. The molecule has 0 heterocycles. The zero-order chi connectivity index (χ0) is 15.1. The van der Waals surface area contributed by atoms with Crippen LogP contribution in [0.4, 0.5) is 0 Å². The average Bonchev–Trinajstić information content (AvgIpc) is 3.13. The zero-order valence-corrected chi connectivity index (χ0v) is 17.9. The van der Waals surface area contributed by atoms with Crippen LogP contribution in [0.15, 0.2) is 60.7 Å². The van der Waals surface area contributed by atoms with Crippen LogP contribution in [0.2, 0.25) is 13.1 Å². The molecule has 0 radical (unpaired) electrons. The van der Waals surface area contributed by atoms with Crippen molar-refractivity contribution in [3.63, 3.8) is 0 Å². The molecule has 0 spiro atoms. The van der Waals surface area contributed by atoms with Crippen LogP contribution in [-0.2, 0) is 16.6 Å². The van der Waals surface area contributed by atoms with E-state index in [4.69, 9.17) is 0 Å². The average molecular weight is 407 g/mol.